The van der Waals surface area contributed by atoms with Crippen LogP contribution in [0.2, 0.25) is 0 Å². The number of rotatable bonds is 9. The van der Waals surface area contributed by atoms with E-state index >= 15 is 0 Å². The summed E-state index contributed by atoms with van der Waals surface area (Å²) in [5, 5.41) is 0. The second-order valence-corrected chi connectivity index (χ2v) is 10.4. The highest BCUT2D eigenvalue weighted by molar-refractivity contribution is 5.52. The largest absolute Gasteiger partial charge is 0.369 e. The third kappa shape index (κ3) is 5.39. The summed E-state index contributed by atoms with van der Waals surface area (Å²) in [5.74, 6) is 0. The van der Waals surface area contributed by atoms with Crippen LogP contribution in [0.3, 0.4) is 0 Å². The fraction of sp³-hybridized carbons (Fsp3) is 0.600. The number of hydrogen-bond acceptors (Lipinski definition) is 2. The van der Waals surface area contributed by atoms with Gasteiger partial charge in [0, 0.05) is 23.8 Å². The number of hydrogen-bond donors (Lipinski definition) is 0. The van der Waals surface area contributed by atoms with Crippen LogP contribution in [0.1, 0.15) is 86.6 Å². The summed E-state index contributed by atoms with van der Waals surface area (Å²) in [6, 6.07) is 15.0. The molecule has 0 N–H and O–H groups in total. The molecule has 2 aromatic carbocycles. The fourth-order valence-electron chi connectivity index (χ4n) is 6.01. The number of unbranched alkanes of at least 4 members (excludes halogenated alkanes) is 1. The van der Waals surface area contributed by atoms with Crippen LogP contribution in [-0.2, 0) is 12.0 Å². The zero-order valence-corrected chi connectivity index (χ0v) is 21.8. The first kappa shape index (κ1) is 24.8. The van der Waals surface area contributed by atoms with Crippen LogP contribution in [0, 0.1) is 20.8 Å². The summed E-state index contributed by atoms with van der Waals surface area (Å²) in [6.07, 6.45) is 9.90. The van der Waals surface area contributed by atoms with Gasteiger partial charge in [-0.05, 0) is 120 Å². The van der Waals surface area contributed by atoms with Crippen molar-refractivity contribution in [2.75, 3.05) is 25.5 Å². The topological polar surface area (TPSA) is 6.48 Å². The van der Waals surface area contributed by atoms with Crippen LogP contribution in [0.5, 0.6) is 0 Å². The Morgan fingerprint density at radius 2 is 1.53 bits per heavy atom. The molecule has 1 aliphatic rings. The number of nitrogens with zero attached hydrogens (tertiary/aromatic N) is 2. The van der Waals surface area contributed by atoms with Crippen molar-refractivity contribution in [2.45, 2.75) is 97.6 Å². The van der Waals surface area contributed by atoms with E-state index < -0.39 is 0 Å². The van der Waals surface area contributed by atoms with Gasteiger partial charge in [0.05, 0.1) is 0 Å². The average molecular weight is 435 g/mol. The van der Waals surface area contributed by atoms with Crippen LogP contribution in [0.4, 0.5) is 5.69 Å². The average Bonchev–Trinajstić information content (AvgIpc) is 2.75. The number of benzene rings is 2. The Morgan fingerprint density at radius 3 is 2.06 bits per heavy atom. The van der Waals surface area contributed by atoms with E-state index in [2.05, 4.69) is 94.9 Å². The minimum Gasteiger partial charge on any atom is -0.369 e. The summed E-state index contributed by atoms with van der Waals surface area (Å²) in [6.45, 7) is 12.5. The molecule has 1 saturated carbocycles. The van der Waals surface area contributed by atoms with Gasteiger partial charge >= 0.3 is 0 Å². The molecule has 0 spiro atoms. The van der Waals surface area contributed by atoms with Crippen molar-refractivity contribution in [1.82, 2.24) is 4.90 Å². The molecule has 0 unspecified atom stereocenters. The molecule has 3 rings (SSSR count). The van der Waals surface area contributed by atoms with E-state index in [1.165, 1.54) is 79.3 Å². The molecule has 176 valence electrons. The Balaban J connectivity index is 1.83. The lowest BCUT2D eigenvalue weighted by atomic mass is 9.72. The minimum atomic E-state index is 0.157. The van der Waals surface area contributed by atoms with Gasteiger partial charge in [-0.3, -0.25) is 4.90 Å². The van der Waals surface area contributed by atoms with Gasteiger partial charge in [0.25, 0.3) is 0 Å². The van der Waals surface area contributed by atoms with E-state index in [1.807, 2.05) is 0 Å². The van der Waals surface area contributed by atoms with Crippen LogP contribution in [0.25, 0.3) is 0 Å². The molecule has 0 radical (unpaired) electrons. The third-order valence-corrected chi connectivity index (χ3v) is 7.69. The van der Waals surface area contributed by atoms with Gasteiger partial charge in [-0.15, -0.1) is 0 Å². The SMILES string of the molecule is CCCCc1ccc(C2(N(C)C)CCC(N(CCC)c3cc(C)cc(C)c3)CC2)c(C)c1. The summed E-state index contributed by atoms with van der Waals surface area (Å²) in [7, 11) is 4.58. The van der Waals surface area contributed by atoms with Crippen molar-refractivity contribution in [2.24, 2.45) is 0 Å². The van der Waals surface area contributed by atoms with Crippen molar-refractivity contribution >= 4 is 5.69 Å². The quantitative estimate of drug-likeness (QED) is 0.401. The van der Waals surface area contributed by atoms with Crippen LogP contribution < -0.4 is 4.90 Å². The molecule has 0 atom stereocenters. The molecule has 2 nitrogen and oxygen atoms in total. The molecule has 1 aliphatic carbocycles. The standard InChI is InChI=1S/C30H46N2/c1-8-10-11-26-12-13-29(25(5)22-26)30(31(6)7)16-14-27(15-17-30)32(18-9-2)28-20-23(3)19-24(4)21-28/h12-13,19-22,27H,8-11,14-18H2,1-7H3. The van der Waals surface area contributed by atoms with E-state index in [9.17, 15) is 0 Å². The predicted molar refractivity (Wildman–Crippen MR) is 141 cm³/mol. The van der Waals surface area contributed by atoms with Crippen molar-refractivity contribution in [3.63, 3.8) is 0 Å². The molecular weight excluding hydrogens is 388 g/mol. The highest BCUT2D eigenvalue weighted by Crippen LogP contribution is 2.44. The number of anilines is 1. The van der Waals surface area contributed by atoms with E-state index in [1.54, 1.807) is 5.56 Å². The summed E-state index contributed by atoms with van der Waals surface area (Å²) in [4.78, 5) is 5.22. The van der Waals surface area contributed by atoms with Gasteiger partial charge in [-0.25, -0.2) is 0 Å². The van der Waals surface area contributed by atoms with Gasteiger partial charge < -0.3 is 4.90 Å². The Bertz CT molecular complexity index is 854. The van der Waals surface area contributed by atoms with E-state index in [4.69, 9.17) is 0 Å². The predicted octanol–water partition coefficient (Wildman–Crippen LogP) is 7.57. The molecule has 0 amide bonds. The monoisotopic (exact) mass is 434 g/mol. The second-order valence-electron chi connectivity index (χ2n) is 10.4. The molecule has 0 aliphatic heterocycles. The van der Waals surface area contributed by atoms with E-state index in [0.717, 1.165) is 6.54 Å². The maximum absolute atomic E-state index is 2.71. The maximum Gasteiger partial charge on any atom is 0.0458 e. The Kier molecular flexibility index (Phi) is 8.44. The zero-order chi connectivity index (χ0) is 23.3. The Morgan fingerprint density at radius 1 is 0.875 bits per heavy atom. The van der Waals surface area contributed by atoms with Crippen LogP contribution in [-0.4, -0.2) is 31.6 Å². The lowest BCUT2D eigenvalue weighted by Crippen LogP contribution is -2.49. The van der Waals surface area contributed by atoms with Gasteiger partial charge in [-0.1, -0.05) is 44.5 Å². The van der Waals surface area contributed by atoms with Crippen molar-refractivity contribution < 1.29 is 0 Å². The first-order chi connectivity index (χ1) is 15.3. The summed E-state index contributed by atoms with van der Waals surface area (Å²) in [5.41, 5.74) is 8.85. The van der Waals surface area contributed by atoms with E-state index in [-0.39, 0.29) is 5.54 Å². The third-order valence-electron chi connectivity index (χ3n) is 7.69. The van der Waals surface area contributed by atoms with Gasteiger partial charge in [0.2, 0.25) is 0 Å². The summed E-state index contributed by atoms with van der Waals surface area (Å²) >= 11 is 0. The van der Waals surface area contributed by atoms with Crippen LogP contribution >= 0.6 is 0 Å². The highest BCUT2D eigenvalue weighted by Gasteiger charge is 2.41. The number of aryl methyl sites for hydroxylation is 4. The van der Waals surface area contributed by atoms with Crippen molar-refractivity contribution in [3.8, 4) is 0 Å². The van der Waals surface area contributed by atoms with Crippen molar-refractivity contribution in [1.29, 1.82) is 0 Å². The van der Waals surface area contributed by atoms with Gasteiger partial charge in [-0.2, -0.15) is 0 Å². The smallest absolute Gasteiger partial charge is 0.0458 e. The first-order valence-corrected chi connectivity index (χ1v) is 12.9. The van der Waals surface area contributed by atoms with Crippen LogP contribution in [0.15, 0.2) is 36.4 Å². The molecule has 32 heavy (non-hydrogen) atoms. The highest BCUT2D eigenvalue weighted by atomic mass is 15.2. The zero-order valence-electron chi connectivity index (χ0n) is 21.8. The molecule has 2 heteroatoms. The Labute approximate surface area is 198 Å². The van der Waals surface area contributed by atoms with Gasteiger partial charge in [0.15, 0.2) is 0 Å². The molecule has 0 heterocycles. The molecule has 0 saturated heterocycles. The Hall–Kier alpha value is -1.80. The van der Waals surface area contributed by atoms with Gasteiger partial charge in [0.1, 0.15) is 0 Å². The molecule has 1 fully saturated rings. The molecule has 2 aromatic rings. The van der Waals surface area contributed by atoms with E-state index in [0.29, 0.717) is 6.04 Å². The van der Waals surface area contributed by atoms with Crippen molar-refractivity contribution in [3.05, 3.63) is 64.2 Å². The first-order valence-electron chi connectivity index (χ1n) is 12.9. The molecule has 0 aromatic heterocycles. The maximum atomic E-state index is 2.71. The lowest BCUT2D eigenvalue weighted by Gasteiger charge is -2.49. The normalized spacial score (nSPS) is 21.2. The molecular formula is C30H46N2. The lowest BCUT2D eigenvalue weighted by molar-refractivity contribution is 0.0896. The second kappa shape index (κ2) is 10.9. The minimum absolute atomic E-state index is 0.157. The fourth-order valence-corrected chi connectivity index (χ4v) is 6.01. The molecule has 0 bridgehead atoms. The summed E-state index contributed by atoms with van der Waals surface area (Å²) < 4.78 is 0.